The van der Waals surface area contributed by atoms with Gasteiger partial charge in [0.15, 0.2) is 0 Å². The topological polar surface area (TPSA) is 3.24 Å². The van der Waals surface area contributed by atoms with Crippen LogP contribution in [0.1, 0.15) is 47.2 Å². The van der Waals surface area contributed by atoms with Crippen molar-refractivity contribution in [2.45, 2.75) is 24.7 Å². The molecule has 10 aromatic carbocycles. The molecule has 308 valence electrons. The largest absolute Gasteiger partial charge is 0.310 e. The third kappa shape index (κ3) is 6.22. The van der Waals surface area contributed by atoms with Gasteiger partial charge in [-0.1, -0.05) is 214 Å². The van der Waals surface area contributed by atoms with Gasteiger partial charge < -0.3 is 4.90 Å². The Bertz CT molecular complexity index is 3330. The molecule has 0 aliphatic heterocycles. The average Bonchev–Trinajstić information content (AvgIpc) is 3.67. The molecule has 12 rings (SSSR count). The second kappa shape index (κ2) is 15.4. The van der Waals surface area contributed by atoms with E-state index in [1.54, 1.807) is 0 Å². The minimum absolute atomic E-state index is 0.214. The Balaban J connectivity index is 0.962. The van der Waals surface area contributed by atoms with Crippen molar-refractivity contribution < 1.29 is 0 Å². The molecule has 0 fully saturated rings. The minimum Gasteiger partial charge on any atom is -0.310 e. The van der Waals surface area contributed by atoms with Crippen LogP contribution in [-0.2, 0) is 10.8 Å². The highest BCUT2D eigenvalue weighted by Gasteiger charge is 2.53. The Hall–Kier alpha value is -8.00. The van der Waals surface area contributed by atoms with Crippen molar-refractivity contribution in [2.75, 3.05) is 4.90 Å². The van der Waals surface area contributed by atoms with E-state index < -0.39 is 5.41 Å². The number of hydrogen-bond donors (Lipinski definition) is 0. The normalized spacial score (nSPS) is 13.6. The van der Waals surface area contributed by atoms with Gasteiger partial charge in [0.1, 0.15) is 0 Å². The highest BCUT2D eigenvalue weighted by atomic mass is 15.1. The molecule has 65 heavy (non-hydrogen) atoms. The lowest BCUT2D eigenvalue weighted by Crippen LogP contribution is -2.40. The van der Waals surface area contributed by atoms with Crippen LogP contribution in [0.2, 0.25) is 0 Å². The third-order valence-electron chi connectivity index (χ3n) is 14.2. The zero-order valence-corrected chi connectivity index (χ0v) is 36.6. The molecular formula is C64H47N. The molecule has 0 saturated heterocycles. The van der Waals surface area contributed by atoms with Crippen molar-refractivity contribution >= 4 is 17.1 Å². The molecule has 0 atom stereocenters. The zero-order chi connectivity index (χ0) is 43.5. The van der Waals surface area contributed by atoms with E-state index in [0.717, 1.165) is 17.1 Å². The Morgan fingerprint density at radius 1 is 0.246 bits per heavy atom. The molecule has 0 radical (unpaired) electrons. The predicted octanol–water partition coefficient (Wildman–Crippen LogP) is 16.8. The van der Waals surface area contributed by atoms with E-state index in [1.807, 2.05) is 0 Å². The first-order valence-electron chi connectivity index (χ1n) is 22.7. The molecule has 1 spiro atoms. The van der Waals surface area contributed by atoms with Gasteiger partial charge >= 0.3 is 0 Å². The van der Waals surface area contributed by atoms with Crippen LogP contribution in [-0.4, -0.2) is 0 Å². The lowest BCUT2D eigenvalue weighted by atomic mass is 9.55. The highest BCUT2D eigenvalue weighted by molar-refractivity contribution is 5.89. The Kier molecular flexibility index (Phi) is 9.14. The van der Waals surface area contributed by atoms with Gasteiger partial charge in [0, 0.05) is 22.5 Å². The summed E-state index contributed by atoms with van der Waals surface area (Å²) in [5.41, 5.74) is 23.2. The maximum Gasteiger partial charge on any atom is 0.0719 e. The van der Waals surface area contributed by atoms with Gasteiger partial charge in [-0.25, -0.2) is 0 Å². The van der Waals surface area contributed by atoms with Crippen LogP contribution in [0.3, 0.4) is 0 Å². The van der Waals surface area contributed by atoms with Crippen LogP contribution in [0, 0.1) is 0 Å². The van der Waals surface area contributed by atoms with E-state index in [2.05, 4.69) is 267 Å². The summed E-state index contributed by atoms with van der Waals surface area (Å²) in [6.07, 6.45) is 0. The van der Waals surface area contributed by atoms with Crippen molar-refractivity contribution in [3.05, 3.63) is 282 Å². The summed E-state index contributed by atoms with van der Waals surface area (Å²) >= 11 is 0. The number of benzene rings is 10. The Morgan fingerprint density at radius 3 is 1.23 bits per heavy atom. The first kappa shape index (κ1) is 38.7. The van der Waals surface area contributed by atoms with Crippen molar-refractivity contribution in [3.8, 4) is 55.6 Å². The summed E-state index contributed by atoms with van der Waals surface area (Å²) in [5.74, 6) is 0. The van der Waals surface area contributed by atoms with Crippen molar-refractivity contribution in [3.63, 3.8) is 0 Å². The first-order chi connectivity index (χ1) is 32.0. The van der Waals surface area contributed by atoms with Gasteiger partial charge in [0.25, 0.3) is 0 Å². The summed E-state index contributed by atoms with van der Waals surface area (Å²) in [7, 11) is 0. The lowest BCUT2D eigenvalue weighted by molar-refractivity contribution is 0.563. The van der Waals surface area contributed by atoms with Crippen LogP contribution < -0.4 is 4.90 Å². The van der Waals surface area contributed by atoms with E-state index in [9.17, 15) is 0 Å². The molecule has 1 nitrogen and oxygen atoms in total. The zero-order valence-electron chi connectivity index (χ0n) is 36.6. The number of rotatable bonds is 7. The minimum atomic E-state index is -0.398. The summed E-state index contributed by atoms with van der Waals surface area (Å²) in [6.45, 7) is 4.81. The monoisotopic (exact) mass is 829 g/mol. The molecule has 10 aromatic rings. The Labute approximate surface area is 382 Å². The van der Waals surface area contributed by atoms with Gasteiger partial charge in [-0.15, -0.1) is 0 Å². The molecule has 0 aromatic heterocycles. The van der Waals surface area contributed by atoms with Gasteiger partial charge in [0.2, 0.25) is 0 Å². The lowest BCUT2D eigenvalue weighted by Gasteiger charge is -2.46. The number of hydrogen-bond acceptors (Lipinski definition) is 1. The van der Waals surface area contributed by atoms with Crippen LogP contribution in [0.25, 0.3) is 55.6 Å². The first-order valence-corrected chi connectivity index (χ1v) is 22.7. The molecule has 0 saturated carbocycles. The second-order valence-electron chi connectivity index (χ2n) is 18.1. The van der Waals surface area contributed by atoms with Crippen LogP contribution in [0.15, 0.2) is 249 Å². The maximum absolute atomic E-state index is 2.48. The van der Waals surface area contributed by atoms with Gasteiger partial charge in [-0.2, -0.15) is 0 Å². The summed E-state index contributed by atoms with van der Waals surface area (Å²) < 4.78 is 0. The van der Waals surface area contributed by atoms with E-state index in [-0.39, 0.29) is 5.41 Å². The van der Waals surface area contributed by atoms with Crippen molar-refractivity contribution in [1.82, 2.24) is 0 Å². The number of anilines is 3. The maximum atomic E-state index is 2.48. The fourth-order valence-electron chi connectivity index (χ4n) is 11.0. The second-order valence-corrected chi connectivity index (χ2v) is 18.1. The third-order valence-corrected chi connectivity index (χ3v) is 14.2. The highest BCUT2D eigenvalue weighted by Crippen LogP contribution is 2.62. The van der Waals surface area contributed by atoms with Gasteiger partial charge in [0.05, 0.1) is 5.41 Å². The number of fused-ring (bicyclic) bond motifs is 9. The molecule has 0 unspecified atom stereocenters. The SMILES string of the molecule is CC1(C)c2ccccc2C2(c3ccccc3-c3ccccc32)c2ccc(-c3ccc(N(c4ccc(-c5ccccc5)cc4)c4cccc(-c5cccc(-c6ccccc6)c5)c4)cc3)cc21. The van der Waals surface area contributed by atoms with E-state index in [4.69, 9.17) is 0 Å². The van der Waals surface area contributed by atoms with Crippen molar-refractivity contribution in [2.24, 2.45) is 0 Å². The van der Waals surface area contributed by atoms with Crippen LogP contribution in [0.4, 0.5) is 17.1 Å². The molecular weight excluding hydrogens is 783 g/mol. The van der Waals surface area contributed by atoms with E-state index >= 15 is 0 Å². The number of nitrogens with zero attached hydrogens (tertiary/aromatic N) is 1. The molecule has 0 bridgehead atoms. The fraction of sp³-hybridized carbons (Fsp3) is 0.0625. The smallest absolute Gasteiger partial charge is 0.0719 e. The van der Waals surface area contributed by atoms with Gasteiger partial charge in [-0.05, 0) is 138 Å². The quantitative estimate of drug-likeness (QED) is 0.155. The molecule has 0 N–H and O–H groups in total. The molecule has 2 aliphatic carbocycles. The molecule has 0 amide bonds. The van der Waals surface area contributed by atoms with Crippen LogP contribution >= 0.6 is 0 Å². The van der Waals surface area contributed by atoms with Gasteiger partial charge in [-0.3, -0.25) is 0 Å². The summed E-state index contributed by atoms with van der Waals surface area (Å²) in [5, 5.41) is 0. The average molecular weight is 830 g/mol. The molecule has 2 aliphatic rings. The summed E-state index contributed by atoms with van der Waals surface area (Å²) in [4.78, 5) is 2.38. The van der Waals surface area contributed by atoms with Crippen LogP contribution in [0.5, 0.6) is 0 Å². The van der Waals surface area contributed by atoms with E-state index in [0.29, 0.717) is 0 Å². The standard InChI is InChI=1S/C64H47N/c1-63(2)59-29-13-14-30-60(59)64(57-27-11-9-25-55(57)56-26-10-12-28-58(56)64)61-40-35-51(43-62(61)63)47-33-38-53(39-34-47)65(52-36-31-46(32-37-52)44-17-5-3-6-18-44)54-24-16-23-50(42-54)49-22-15-21-48(41-49)45-19-7-4-8-20-45/h3-43H,1-2H3. The molecule has 0 heterocycles. The molecule has 1 heteroatoms. The Morgan fingerprint density at radius 2 is 0.631 bits per heavy atom. The predicted molar refractivity (Wildman–Crippen MR) is 272 cm³/mol. The summed E-state index contributed by atoms with van der Waals surface area (Å²) in [6, 6.07) is 91.8. The van der Waals surface area contributed by atoms with Crippen molar-refractivity contribution in [1.29, 1.82) is 0 Å². The fourth-order valence-corrected chi connectivity index (χ4v) is 11.0. The van der Waals surface area contributed by atoms with E-state index in [1.165, 1.54) is 89.0 Å².